The SMILES string of the molecule is COCCN1C[C@]23CN(C(=O)c4cnc(C)cn4)C[C@H](C[C@H]2S1(=O)=O)O3. The summed E-state index contributed by atoms with van der Waals surface area (Å²) in [5.41, 5.74) is 0.128. The van der Waals surface area contributed by atoms with Crippen LogP contribution in [0, 0.1) is 6.92 Å². The predicted molar refractivity (Wildman–Crippen MR) is 91.1 cm³/mol. The molecule has 9 nitrogen and oxygen atoms in total. The molecule has 0 aromatic carbocycles. The van der Waals surface area contributed by atoms with Gasteiger partial charge in [-0.2, -0.15) is 4.31 Å². The Morgan fingerprint density at radius 1 is 1.38 bits per heavy atom. The lowest BCUT2D eigenvalue weighted by molar-refractivity contribution is -0.0982. The van der Waals surface area contributed by atoms with Crippen molar-refractivity contribution >= 4 is 15.9 Å². The highest BCUT2D eigenvalue weighted by Crippen LogP contribution is 2.46. The molecule has 3 aliphatic rings. The molecule has 3 fully saturated rings. The van der Waals surface area contributed by atoms with Crippen molar-refractivity contribution in [3.05, 3.63) is 23.8 Å². The molecule has 0 unspecified atom stereocenters. The number of nitrogens with zero attached hydrogens (tertiary/aromatic N) is 4. The van der Waals surface area contributed by atoms with E-state index in [1.807, 2.05) is 0 Å². The Labute approximate surface area is 152 Å². The first-order chi connectivity index (χ1) is 12.4. The first kappa shape index (κ1) is 17.8. The van der Waals surface area contributed by atoms with Crippen LogP contribution in [0.2, 0.25) is 0 Å². The lowest BCUT2D eigenvalue weighted by Crippen LogP contribution is -2.56. The van der Waals surface area contributed by atoms with Crippen molar-refractivity contribution in [3.63, 3.8) is 0 Å². The first-order valence-electron chi connectivity index (χ1n) is 8.59. The number of aromatic nitrogens is 2. The number of rotatable bonds is 4. The summed E-state index contributed by atoms with van der Waals surface area (Å²) in [7, 11) is -1.92. The average molecular weight is 382 g/mol. The Morgan fingerprint density at radius 2 is 2.19 bits per heavy atom. The van der Waals surface area contributed by atoms with E-state index in [4.69, 9.17) is 9.47 Å². The van der Waals surface area contributed by atoms with Gasteiger partial charge in [-0.05, 0) is 13.3 Å². The molecule has 3 atom stereocenters. The van der Waals surface area contributed by atoms with Gasteiger partial charge in [-0.15, -0.1) is 0 Å². The van der Waals surface area contributed by atoms with Gasteiger partial charge in [-0.3, -0.25) is 9.78 Å². The van der Waals surface area contributed by atoms with Crippen LogP contribution in [-0.2, 0) is 19.5 Å². The number of carbonyl (C=O) groups excluding carboxylic acids is 1. The zero-order valence-electron chi connectivity index (χ0n) is 14.8. The number of fused-ring (bicyclic) bond motifs is 1. The predicted octanol–water partition coefficient (Wildman–Crippen LogP) is -0.571. The molecule has 0 radical (unpaired) electrons. The van der Waals surface area contributed by atoms with Crippen LogP contribution in [0.3, 0.4) is 0 Å². The van der Waals surface area contributed by atoms with Crippen LogP contribution in [-0.4, -0.2) is 90.3 Å². The van der Waals surface area contributed by atoms with Crippen LogP contribution in [0.5, 0.6) is 0 Å². The number of aryl methyl sites for hydroxylation is 1. The molecule has 4 rings (SSSR count). The average Bonchev–Trinajstić information content (AvgIpc) is 2.98. The van der Waals surface area contributed by atoms with Crippen molar-refractivity contribution in [2.75, 3.05) is 39.9 Å². The Morgan fingerprint density at radius 3 is 2.88 bits per heavy atom. The second-order valence-electron chi connectivity index (χ2n) is 7.13. The maximum atomic E-state index is 12.9. The van der Waals surface area contributed by atoms with E-state index in [1.54, 1.807) is 18.0 Å². The molecule has 3 aliphatic heterocycles. The Bertz CT molecular complexity index is 814. The minimum absolute atomic E-state index is 0.237. The second kappa shape index (κ2) is 6.22. The quantitative estimate of drug-likeness (QED) is 0.687. The molecular weight excluding hydrogens is 360 g/mol. The molecule has 10 heteroatoms. The topological polar surface area (TPSA) is 102 Å². The minimum atomic E-state index is -3.46. The van der Waals surface area contributed by atoms with E-state index in [-0.39, 0.29) is 30.8 Å². The summed E-state index contributed by atoms with van der Waals surface area (Å²) < 4.78 is 38.3. The molecule has 142 valence electrons. The van der Waals surface area contributed by atoms with Gasteiger partial charge < -0.3 is 14.4 Å². The van der Waals surface area contributed by atoms with E-state index < -0.39 is 20.9 Å². The van der Waals surface area contributed by atoms with Gasteiger partial charge in [0, 0.05) is 32.9 Å². The molecule has 0 N–H and O–H groups in total. The number of sulfonamides is 1. The number of hydrogen-bond donors (Lipinski definition) is 0. The number of likely N-dealkylation sites (tertiary alicyclic amines) is 1. The molecule has 26 heavy (non-hydrogen) atoms. The van der Waals surface area contributed by atoms with Gasteiger partial charge in [0.2, 0.25) is 10.0 Å². The highest BCUT2D eigenvalue weighted by atomic mass is 32.2. The van der Waals surface area contributed by atoms with Gasteiger partial charge in [0.15, 0.2) is 0 Å². The molecule has 1 spiro atoms. The van der Waals surface area contributed by atoms with Crippen LogP contribution in [0.25, 0.3) is 0 Å². The van der Waals surface area contributed by atoms with Crippen molar-refractivity contribution in [1.29, 1.82) is 0 Å². The summed E-state index contributed by atoms with van der Waals surface area (Å²) >= 11 is 0. The zero-order valence-corrected chi connectivity index (χ0v) is 15.6. The van der Waals surface area contributed by atoms with Gasteiger partial charge in [0.25, 0.3) is 5.91 Å². The van der Waals surface area contributed by atoms with Gasteiger partial charge in [0.1, 0.15) is 16.5 Å². The highest BCUT2D eigenvalue weighted by molar-refractivity contribution is 7.90. The molecule has 0 aliphatic carbocycles. The molecular formula is C16H22N4O5S. The lowest BCUT2D eigenvalue weighted by Gasteiger charge is -2.39. The fourth-order valence-electron chi connectivity index (χ4n) is 4.16. The van der Waals surface area contributed by atoms with Crippen LogP contribution >= 0.6 is 0 Å². The third-order valence-corrected chi connectivity index (χ3v) is 7.72. The molecule has 1 amide bonds. The Hall–Kier alpha value is -1.62. The molecule has 1 aromatic rings. The van der Waals surface area contributed by atoms with Crippen LogP contribution < -0.4 is 0 Å². The number of hydrogen-bond acceptors (Lipinski definition) is 7. The van der Waals surface area contributed by atoms with E-state index in [2.05, 4.69) is 9.97 Å². The smallest absolute Gasteiger partial charge is 0.274 e. The third kappa shape index (κ3) is 2.72. The van der Waals surface area contributed by atoms with E-state index in [9.17, 15) is 13.2 Å². The summed E-state index contributed by atoms with van der Waals surface area (Å²) in [4.78, 5) is 22.7. The number of methoxy groups -OCH3 is 1. The van der Waals surface area contributed by atoms with Crippen molar-refractivity contribution in [2.45, 2.75) is 30.3 Å². The summed E-state index contributed by atoms with van der Waals surface area (Å²) in [6, 6.07) is 0. The van der Waals surface area contributed by atoms with Gasteiger partial charge >= 0.3 is 0 Å². The number of carbonyl (C=O) groups is 1. The lowest BCUT2D eigenvalue weighted by atomic mass is 9.99. The Kier molecular flexibility index (Phi) is 4.25. The van der Waals surface area contributed by atoms with E-state index in [0.29, 0.717) is 26.1 Å². The molecule has 1 aromatic heterocycles. The molecule has 4 heterocycles. The first-order valence-corrected chi connectivity index (χ1v) is 10.1. The van der Waals surface area contributed by atoms with E-state index in [0.717, 1.165) is 5.69 Å². The van der Waals surface area contributed by atoms with Gasteiger partial charge in [-0.25, -0.2) is 13.4 Å². The second-order valence-corrected chi connectivity index (χ2v) is 9.24. The normalized spacial score (nSPS) is 32.6. The minimum Gasteiger partial charge on any atom is -0.383 e. The maximum Gasteiger partial charge on any atom is 0.274 e. The van der Waals surface area contributed by atoms with Crippen molar-refractivity contribution in [3.8, 4) is 0 Å². The number of morpholine rings is 1. The number of amides is 1. The summed E-state index contributed by atoms with van der Waals surface area (Å²) in [6.07, 6.45) is 3.15. The zero-order chi connectivity index (χ0) is 18.5. The fraction of sp³-hybridized carbons (Fsp3) is 0.688. The maximum absolute atomic E-state index is 12.9. The molecule has 3 saturated heterocycles. The van der Waals surface area contributed by atoms with Crippen molar-refractivity contribution < 1.29 is 22.7 Å². The monoisotopic (exact) mass is 382 g/mol. The van der Waals surface area contributed by atoms with Gasteiger partial charge in [-0.1, -0.05) is 0 Å². The highest BCUT2D eigenvalue weighted by Gasteiger charge is 2.65. The van der Waals surface area contributed by atoms with Crippen molar-refractivity contribution in [1.82, 2.24) is 19.2 Å². The largest absolute Gasteiger partial charge is 0.383 e. The summed E-state index contributed by atoms with van der Waals surface area (Å²) in [6.45, 7) is 3.29. The van der Waals surface area contributed by atoms with E-state index >= 15 is 0 Å². The standard InChI is InChI=1S/C16H22N4O5S/c1-11-6-18-13(7-17-11)15(21)19-8-12-5-14-16(9-19,25-12)10-20(3-4-24-2)26(14,22)23/h6-7,12,14H,3-5,8-10H2,1-2H3/t12-,14+,16+/m0/s1. The van der Waals surface area contributed by atoms with Crippen LogP contribution in [0.4, 0.5) is 0 Å². The molecule has 2 bridgehead atoms. The van der Waals surface area contributed by atoms with E-state index in [1.165, 1.54) is 17.6 Å². The van der Waals surface area contributed by atoms with Gasteiger partial charge in [0.05, 0.1) is 31.1 Å². The fourth-order valence-corrected chi connectivity index (χ4v) is 6.46. The third-order valence-electron chi connectivity index (χ3n) is 5.34. The summed E-state index contributed by atoms with van der Waals surface area (Å²) in [5.74, 6) is -0.237. The van der Waals surface area contributed by atoms with Crippen LogP contribution in [0.1, 0.15) is 22.6 Å². The Balaban J connectivity index is 1.58. The van der Waals surface area contributed by atoms with Crippen molar-refractivity contribution in [2.24, 2.45) is 0 Å². The summed E-state index contributed by atoms with van der Waals surface area (Å²) in [5, 5.41) is -0.612. The van der Waals surface area contributed by atoms with Crippen LogP contribution in [0.15, 0.2) is 12.4 Å². The number of ether oxygens (including phenoxy) is 2. The molecule has 0 saturated carbocycles.